The van der Waals surface area contributed by atoms with Crippen molar-refractivity contribution >= 4 is 29.3 Å². The molecule has 164 valence electrons. The number of rotatable bonds is 5. The van der Waals surface area contributed by atoms with E-state index in [9.17, 15) is 29.3 Å². The van der Waals surface area contributed by atoms with Crippen LogP contribution in [0.1, 0.15) is 43.9 Å². The van der Waals surface area contributed by atoms with Crippen molar-refractivity contribution < 1.29 is 24.1 Å². The number of piperidine rings is 1. The number of fused-ring (bicyclic) bond motifs is 1. The van der Waals surface area contributed by atoms with Crippen LogP contribution in [0.5, 0.6) is 0 Å². The normalized spacial score (nSPS) is 16.1. The minimum atomic E-state index is -0.735. The van der Waals surface area contributed by atoms with Gasteiger partial charge in [0, 0.05) is 49.2 Å². The number of carbonyl (C=O) groups is 4. The maximum absolute atomic E-state index is 12.5. The van der Waals surface area contributed by atoms with Gasteiger partial charge in [-0.1, -0.05) is 0 Å². The van der Waals surface area contributed by atoms with Gasteiger partial charge in [0.05, 0.1) is 16.1 Å². The molecule has 3 heterocycles. The van der Waals surface area contributed by atoms with Crippen LogP contribution in [0.3, 0.4) is 0 Å². The van der Waals surface area contributed by atoms with Crippen LogP contribution in [0, 0.1) is 10.1 Å². The Morgan fingerprint density at radius 3 is 2.38 bits per heavy atom. The molecule has 2 aliphatic rings. The first-order chi connectivity index (χ1) is 15.3. The van der Waals surface area contributed by atoms with Crippen LogP contribution in [0.15, 0.2) is 42.7 Å². The molecule has 0 unspecified atom stereocenters. The number of nitrogens with zero attached hydrogens (tertiary/aromatic N) is 4. The molecular weight excluding hydrogens is 418 g/mol. The molecule has 11 heteroatoms. The van der Waals surface area contributed by atoms with Gasteiger partial charge in [0.15, 0.2) is 0 Å². The van der Waals surface area contributed by atoms with E-state index in [4.69, 9.17) is 0 Å². The van der Waals surface area contributed by atoms with Crippen molar-refractivity contribution in [2.75, 3.05) is 19.6 Å². The predicted molar refractivity (Wildman–Crippen MR) is 110 cm³/mol. The molecular formula is C21H19N5O6. The highest BCUT2D eigenvalue weighted by atomic mass is 16.6. The number of pyridine rings is 1. The Bertz CT molecular complexity index is 1110. The highest BCUT2D eigenvalue weighted by molar-refractivity contribution is 6.22. The van der Waals surface area contributed by atoms with E-state index in [0.29, 0.717) is 31.5 Å². The lowest BCUT2D eigenvalue weighted by Crippen LogP contribution is -2.49. The maximum atomic E-state index is 12.5. The first-order valence-electron chi connectivity index (χ1n) is 9.98. The average Bonchev–Trinajstić information content (AvgIpc) is 3.04. The molecule has 2 aliphatic heterocycles. The third kappa shape index (κ3) is 4.04. The van der Waals surface area contributed by atoms with Gasteiger partial charge in [-0.15, -0.1) is 0 Å². The monoisotopic (exact) mass is 437 g/mol. The molecule has 1 aromatic carbocycles. The number of nitro benzene ring substituents is 1. The number of amides is 4. The van der Waals surface area contributed by atoms with Crippen molar-refractivity contribution in [2.24, 2.45) is 0 Å². The number of nitro groups is 1. The van der Waals surface area contributed by atoms with Crippen LogP contribution in [0.4, 0.5) is 5.69 Å². The predicted octanol–water partition coefficient (Wildman–Crippen LogP) is 1.01. The maximum Gasteiger partial charge on any atom is 0.270 e. The highest BCUT2D eigenvalue weighted by Gasteiger charge is 2.38. The van der Waals surface area contributed by atoms with Gasteiger partial charge in [0.2, 0.25) is 5.91 Å². The minimum Gasteiger partial charge on any atom is -0.352 e. The van der Waals surface area contributed by atoms with Crippen molar-refractivity contribution in [1.29, 1.82) is 0 Å². The van der Waals surface area contributed by atoms with Crippen molar-refractivity contribution in [3.8, 4) is 0 Å². The standard InChI is InChI=1S/C21H19N5O6/c27-18(12-25-20(29)16-2-1-15(26(31)32)11-17(16)21(25)30)23-14-5-9-24(10-6-14)19(28)13-3-7-22-8-4-13/h1-4,7-8,11,14H,5-6,9-10,12H2,(H,23,27). The van der Waals surface area contributed by atoms with Gasteiger partial charge in [-0.25, -0.2) is 0 Å². The SMILES string of the molecule is O=C(CN1C(=O)c2ccc([N+](=O)[O-])cc2C1=O)NC1CCN(C(=O)c2ccncc2)CC1. The van der Waals surface area contributed by atoms with Crippen LogP contribution >= 0.6 is 0 Å². The molecule has 0 atom stereocenters. The van der Waals surface area contributed by atoms with E-state index < -0.39 is 29.2 Å². The van der Waals surface area contributed by atoms with Crippen molar-refractivity contribution in [3.63, 3.8) is 0 Å². The zero-order chi connectivity index (χ0) is 22.8. The molecule has 0 spiro atoms. The average molecular weight is 437 g/mol. The Morgan fingerprint density at radius 1 is 1.06 bits per heavy atom. The van der Waals surface area contributed by atoms with E-state index >= 15 is 0 Å². The summed E-state index contributed by atoms with van der Waals surface area (Å²) in [5, 5.41) is 13.7. The summed E-state index contributed by atoms with van der Waals surface area (Å²) >= 11 is 0. The lowest BCUT2D eigenvalue weighted by Gasteiger charge is -2.32. The number of hydrogen-bond acceptors (Lipinski definition) is 7. The molecule has 0 saturated carbocycles. The molecule has 1 N–H and O–H groups in total. The fourth-order valence-electron chi connectivity index (χ4n) is 3.86. The highest BCUT2D eigenvalue weighted by Crippen LogP contribution is 2.26. The number of nitrogens with one attached hydrogen (secondary N) is 1. The number of likely N-dealkylation sites (tertiary alicyclic amines) is 1. The number of benzene rings is 1. The summed E-state index contributed by atoms with van der Waals surface area (Å²) in [6.45, 7) is 0.446. The molecule has 0 radical (unpaired) electrons. The largest absolute Gasteiger partial charge is 0.352 e. The van der Waals surface area contributed by atoms with Crippen molar-refractivity contribution in [3.05, 3.63) is 69.5 Å². The van der Waals surface area contributed by atoms with Crippen molar-refractivity contribution in [2.45, 2.75) is 18.9 Å². The lowest BCUT2D eigenvalue weighted by molar-refractivity contribution is -0.384. The second-order valence-corrected chi connectivity index (χ2v) is 7.55. The van der Waals surface area contributed by atoms with Crippen LogP contribution in [0.2, 0.25) is 0 Å². The summed E-state index contributed by atoms with van der Waals surface area (Å²) in [6, 6.07) is 6.51. The van der Waals surface area contributed by atoms with Gasteiger partial charge in [0.25, 0.3) is 23.4 Å². The fraction of sp³-hybridized carbons (Fsp3) is 0.286. The minimum absolute atomic E-state index is 0.0383. The summed E-state index contributed by atoms with van der Waals surface area (Å²) in [6.07, 6.45) is 4.18. The number of imide groups is 1. The molecule has 11 nitrogen and oxygen atoms in total. The van der Waals surface area contributed by atoms with Gasteiger partial charge in [0.1, 0.15) is 6.54 Å². The summed E-state index contributed by atoms with van der Waals surface area (Å²) in [4.78, 5) is 66.6. The number of hydrogen-bond donors (Lipinski definition) is 1. The van der Waals surface area contributed by atoms with Gasteiger partial charge >= 0.3 is 0 Å². The lowest BCUT2D eigenvalue weighted by atomic mass is 10.0. The molecule has 4 rings (SSSR count). The first-order valence-corrected chi connectivity index (χ1v) is 9.98. The Hall–Kier alpha value is -4.15. The van der Waals surface area contributed by atoms with E-state index in [1.807, 2.05) is 0 Å². The van der Waals surface area contributed by atoms with E-state index in [2.05, 4.69) is 10.3 Å². The fourth-order valence-corrected chi connectivity index (χ4v) is 3.86. The summed E-state index contributed by atoms with van der Waals surface area (Å²) in [5.74, 6) is -2.00. The molecule has 32 heavy (non-hydrogen) atoms. The van der Waals surface area contributed by atoms with Crippen LogP contribution in [-0.4, -0.2) is 69.0 Å². The first kappa shape index (κ1) is 21.1. The summed E-state index contributed by atoms with van der Waals surface area (Å²) < 4.78 is 0. The quantitative estimate of drug-likeness (QED) is 0.418. The zero-order valence-corrected chi connectivity index (χ0v) is 16.9. The van der Waals surface area contributed by atoms with Gasteiger partial charge < -0.3 is 10.2 Å². The molecule has 1 saturated heterocycles. The smallest absolute Gasteiger partial charge is 0.270 e. The Balaban J connectivity index is 1.32. The molecule has 1 fully saturated rings. The van der Waals surface area contributed by atoms with Crippen LogP contribution in [-0.2, 0) is 4.79 Å². The Morgan fingerprint density at radius 2 is 1.72 bits per heavy atom. The van der Waals surface area contributed by atoms with Crippen molar-refractivity contribution in [1.82, 2.24) is 20.1 Å². The molecule has 0 bridgehead atoms. The van der Waals surface area contributed by atoms with E-state index in [1.54, 1.807) is 29.4 Å². The second-order valence-electron chi connectivity index (χ2n) is 7.55. The van der Waals surface area contributed by atoms with Gasteiger partial charge in [-0.3, -0.25) is 39.2 Å². The summed E-state index contributed by atoms with van der Waals surface area (Å²) in [7, 11) is 0. The second kappa shape index (κ2) is 8.53. The van der Waals surface area contributed by atoms with Gasteiger partial charge in [-0.05, 0) is 31.0 Å². The number of aromatic nitrogens is 1. The molecule has 2 aromatic rings. The third-order valence-corrected chi connectivity index (χ3v) is 5.54. The zero-order valence-electron chi connectivity index (χ0n) is 16.9. The van der Waals surface area contributed by atoms with E-state index in [1.165, 1.54) is 6.07 Å². The van der Waals surface area contributed by atoms with E-state index in [-0.39, 0.29) is 28.8 Å². The topological polar surface area (TPSA) is 143 Å². The Labute approximate surface area is 182 Å². The third-order valence-electron chi connectivity index (χ3n) is 5.54. The Kier molecular flexibility index (Phi) is 5.63. The number of carbonyl (C=O) groups excluding carboxylic acids is 4. The summed E-state index contributed by atoms with van der Waals surface area (Å²) in [5.41, 5.74) is 0.203. The van der Waals surface area contributed by atoms with E-state index in [0.717, 1.165) is 17.0 Å². The van der Waals surface area contributed by atoms with Crippen LogP contribution < -0.4 is 5.32 Å². The molecule has 0 aliphatic carbocycles. The van der Waals surface area contributed by atoms with Crippen LogP contribution in [0.25, 0.3) is 0 Å². The molecule has 4 amide bonds. The molecule has 1 aromatic heterocycles. The van der Waals surface area contributed by atoms with Gasteiger partial charge in [-0.2, -0.15) is 0 Å². The number of non-ortho nitro benzene ring substituents is 1.